The van der Waals surface area contributed by atoms with E-state index in [9.17, 15) is 24.0 Å². The van der Waals surface area contributed by atoms with Crippen LogP contribution in [0.5, 0.6) is 0 Å². The molecule has 1 aliphatic heterocycles. The van der Waals surface area contributed by atoms with Crippen LogP contribution >= 0.6 is 0 Å². The van der Waals surface area contributed by atoms with Crippen molar-refractivity contribution in [2.24, 2.45) is 0 Å². The second-order valence-electron chi connectivity index (χ2n) is 5.99. The maximum atomic E-state index is 12.0. The molecule has 0 aromatic heterocycles. The van der Waals surface area contributed by atoms with E-state index in [1.165, 1.54) is 6.92 Å². The predicted octanol–water partition coefficient (Wildman–Crippen LogP) is -2.21. The molecule has 3 atom stereocenters. The third-order valence-corrected chi connectivity index (χ3v) is 3.83. The monoisotopic (exact) mass is 372 g/mol. The van der Waals surface area contributed by atoms with Crippen LogP contribution in [0.1, 0.15) is 32.6 Å². The summed E-state index contributed by atoms with van der Waals surface area (Å²) in [6, 6.07) is -2.74. The Morgan fingerprint density at radius 1 is 1.15 bits per heavy atom. The molecule has 1 rings (SSSR count). The van der Waals surface area contributed by atoms with E-state index in [0.717, 1.165) is 13.0 Å². The maximum absolute atomic E-state index is 12.0. The molecule has 1 saturated heterocycles. The number of nitrogens with one attached hydrogen (secondary N) is 4. The third-order valence-electron chi connectivity index (χ3n) is 3.83. The van der Waals surface area contributed by atoms with E-state index < -0.39 is 42.3 Å². The van der Waals surface area contributed by atoms with Gasteiger partial charge < -0.3 is 31.5 Å². The molecular formula is C15H24N4O7. The maximum Gasteiger partial charge on any atom is 0.326 e. The molecule has 1 heterocycles. The number of hydrogen-bond acceptors (Lipinski definition) is 6. The fourth-order valence-electron chi connectivity index (χ4n) is 2.38. The molecule has 11 nitrogen and oxygen atoms in total. The van der Waals surface area contributed by atoms with Crippen LogP contribution in [0, 0.1) is 0 Å². The summed E-state index contributed by atoms with van der Waals surface area (Å²) in [5.41, 5.74) is 0. The van der Waals surface area contributed by atoms with Gasteiger partial charge in [-0.2, -0.15) is 0 Å². The molecule has 0 aliphatic carbocycles. The molecule has 6 N–H and O–H groups in total. The quantitative estimate of drug-likeness (QED) is 0.250. The highest BCUT2D eigenvalue weighted by atomic mass is 16.4. The summed E-state index contributed by atoms with van der Waals surface area (Å²) in [7, 11) is 0. The summed E-state index contributed by atoms with van der Waals surface area (Å²) < 4.78 is 0. The summed E-state index contributed by atoms with van der Waals surface area (Å²) in [4.78, 5) is 57.1. The molecule has 0 bridgehead atoms. The SMILES string of the molecule is CC(NC(=O)CNC(=O)C1CCCN1)C(=O)NC(CCC(=O)O)C(=O)O. The van der Waals surface area contributed by atoms with Crippen molar-refractivity contribution in [2.75, 3.05) is 13.1 Å². The average molecular weight is 372 g/mol. The van der Waals surface area contributed by atoms with Gasteiger partial charge in [0.1, 0.15) is 12.1 Å². The topological polar surface area (TPSA) is 174 Å². The van der Waals surface area contributed by atoms with Crippen molar-refractivity contribution in [2.45, 2.75) is 50.7 Å². The highest BCUT2D eigenvalue weighted by Gasteiger charge is 2.25. The summed E-state index contributed by atoms with van der Waals surface area (Å²) >= 11 is 0. The van der Waals surface area contributed by atoms with Crippen molar-refractivity contribution in [3.63, 3.8) is 0 Å². The number of carboxylic acids is 2. The summed E-state index contributed by atoms with van der Waals surface area (Å²) in [5.74, 6) is -4.21. The lowest BCUT2D eigenvalue weighted by Gasteiger charge is -2.18. The zero-order valence-electron chi connectivity index (χ0n) is 14.4. The summed E-state index contributed by atoms with van der Waals surface area (Å²) in [6.45, 7) is 1.79. The highest BCUT2D eigenvalue weighted by Crippen LogP contribution is 2.04. The summed E-state index contributed by atoms with van der Waals surface area (Å²) in [6.07, 6.45) is 0.883. The number of hydrogen-bond donors (Lipinski definition) is 6. The molecule has 0 saturated carbocycles. The second kappa shape index (κ2) is 10.3. The van der Waals surface area contributed by atoms with Crippen molar-refractivity contribution in [1.82, 2.24) is 21.3 Å². The lowest BCUT2D eigenvalue weighted by molar-refractivity contribution is -0.143. The Bertz CT molecular complexity index is 560. The number of carbonyl (C=O) groups excluding carboxylic acids is 3. The van der Waals surface area contributed by atoms with E-state index in [0.29, 0.717) is 6.42 Å². The molecule has 0 aromatic carbocycles. The third kappa shape index (κ3) is 7.47. The van der Waals surface area contributed by atoms with Crippen LogP contribution in [-0.2, 0) is 24.0 Å². The van der Waals surface area contributed by atoms with Crippen molar-refractivity contribution >= 4 is 29.7 Å². The van der Waals surface area contributed by atoms with E-state index in [-0.39, 0.29) is 24.9 Å². The van der Waals surface area contributed by atoms with Gasteiger partial charge in [-0.15, -0.1) is 0 Å². The Labute approximate surface area is 149 Å². The Hall–Kier alpha value is -2.69. The molecule has 1 fully saturated rings. The van der Waals surface area contributed by atoms with Gasteiger partial charge in [0, 0.05) is 6.42 Å². The van der Waals surface area contributed by atoms with Crippen molar-refractivity contribution < 1.29 is 34.2 Å². The van der Waals surface area contributed by atoms with Crippen LogP contribution in [0.3, 0.4) is 0 Å². The van der Waals surface area contributed by atoms with Gasteiger partial charge in [-0.25, -0.2) is 4.79 Å². The number of amides is 3. The Morgan fingerprint density at radius 3 is 2.38 bits per heavy atom. The normalized spacial score (nSPS) is 18.4. The average Bonchev–Trinajstić information content (AvgIpc) is 3.10. The minimum absolute atomic E-state index is 0.276. The van der Waals surface area contributed by atoms with Crippen LogP contribution in [0.2, 0.25) is 0 Å². The predicted molar refractivity (Wildman–Crippen MR) is 88.1 cm³/mol. The van der Waals surface area contributed by atoms with Gasteiger partial charge >= 0.3 is 11.9 Å². The van der Waals surface area contributed by atoms with Crippen LogP contribution < -0.4 is 21.3 Å². The zero-order chi connectivity index (χ0) is 19.7. The van der Waals surface area contributed by atoms with Gasteiger partial charge in [0.05, 0.1) is 12.6 Å². The van der Waals surface area contributed by atoms with E-state index in [1.54, 1.807) is 0 Å². The van der Waals surface area contributed by atoms with Gasteiger partial charge in [0.15, 0.2) is 0 Å². The number of aliphatic carboxylic acids is 2. The number of rotatable bonds is 10. The van der Waals surface area contributed by atoms with Crippen molar-refractivity contribution in [3.05, 3.63) is 0 Å². The molecule has 3 amide bonds. The van der Waals surface area contributed by atoms with E-state index in [4.69, 9.17) is 10.2 Å². The van der Waals surface area contributed by atoms with Gasteiger partial charge in [-0.05, 0) is 32.7 Å². The Balaban J connectivity index is 2.38. The Kier molecular flexibility index (Phi) is 8.49. The molecule has 26 heavy (non-hydrogen) atoms. The molecule has 0 aromatic rings. The highest BCUT2D eigenvalue weighted by molar-refractivity contribution is 5.92. The lowest BCUT2D eigenvalue weighted by Crippen LogP contribution is -2.52. The van der Waals surface area contributed by atoms with E-state index in [1.807, 2.05) is 0 Å². The van der Waals surface area contributed by atoms with Crippen LogP contribution in [0.15, 0.2) is 0 Å². The van der Waals surface area contributed by atoms with Gasteiger partial charge in [-0.1, -0.05) is 0 Å². The van der Waals surface area contributed by atoms with Crippen LogP contribution in [0.25, 0.3) is 0 Å². The van der Waals surface area contributed by atoms with Gasteiger partial charge in [0.25, 0.3) is 0 Å². The standard InChI is InChI=1S/C15H24N4O7/c1-8(13(23)19-10(15(25)26)4-5-12(21)22)18-11(20)7-17-14(24)9-3-2-6-16-9/h8-10,16H,2-7H2,1H3,(H,17,24)(H,18,20)(H,19,23)(H,21,22)(H,25,26). The zero-order valence-corrected chi connectivity index (χ0v) is 14.4. The van der Waals surface area contributed by atoms with Crippen molar-refractivity contribution in [3.8, 4) is 0 Å². The minimum Gasteiger partial charge on any atom is -0.481 e. The lowest BCUT2D eigenvalue weighted by atomic mass is 10.1. The first kappa shape index (κ1) is 21.4. The second-order valence-corrected chi connectivity index (χ2v) is 5.99. The molecular weight excluding hydrogens is 348 g/mol. The number of carbonyl (C=O) groups is 5. The van der Waals surface area contributed by atoms with Gasteiger partial charge in [0.2, 0.25) is 17.7 Å². The first-order valence-corrected chi connectivity index (χ1v) is 8.26. The smallest absolute Gasteiger partial charge is 0.326 e. The molecule has 1 aliphatic rings. The first-order valence-electron chi connectivity index (χ1n) is 8.26. The van der Waals surface area contributed by atoms with Crippen LogP contribution in [0.4, 0.5) is 0 Å². The van der Waals surface area contributed by atoms with E-state index in [2.05, 4.69) is 21.3 Å². The molecule has 11 heteroatoms. The fourth-order valence-corrected chi connectivity index (χ4v) is 2.38. The first-order chi connectivity index (χ1) is 12.2. The molecule has 0 radical (unpaired) electrons. The molecule has 0 spiro atoms. The van der Waals surface area contributed by atoms with Crippen LogP contribution in [-0.4, -0.2) is 71.1 Å². The fraction of sp³-hybridized carbons (Fsp3) is 0.667. The molecule has 146 valence electrons. The largest absolute Gasteiger partial charge is 0.481 e. The minimum atomic E-state index is -1.37. The molecule has 3 unspecified atom stereocenters. The Morgan fingerprint density at radius 2 is 1.85 bits per heavy atom. The van der Waals surface area contributed by atoms with Crippen molar-refractivity contribution in [1.29, 1.82) is 0 Å². The number of carboxylic acid groups (broad SMARTS) is 2. The van der Waals surface area contributed by atoms with E-state index >= 15 is 0 Å². The summed E-state index contributed by atoms with van der Waals surface area (Å²) in [5, 5.41) is 27.5. The van der Waals surface area contributed by atoms with Gasteiger partial charge in [-0.3, -0.25) is 19.2 Å².